The molecule has 0 aliphatic rings. The van der Waals surface area contributed by atoms with Crippen molar-refractivity contribution in [3.05, 3.63) is 55.1 Å². The van der Waals surface area contributed by atoms with Gasteiger partial charge in [0.15, 0.2) is 0 Å². The molecule has 0 unspecified atom stereocenters. The van der Waals surface area contributed by atoms with Crippen LogP contribution in [0.15, 0.2) is 34.8 Å². The van der Waals surface area contributed by atoms with E-state index in [4.69, 9.17) is 11.6 Å². The van der Waals surface area contributed by atoms with Crippen molar-refractivity contribution in [2.75, 3.05) is 6.54 Å². The Labute approximate surface area is 136 Å². The van der Waals surface area contributed by atoms with Crippen LogP contribution in [0.4, 0.5) is 0 Å². The van der Waals surface area contributed by atoms with Gasteiger partial charge in [0.05, 0.1) is 10.9 Å². The maximum atomic E-state index is 12.5. The third kappa shape index (κ3) is 3.62. The molecule has 1 heterocycles. The molecule has 2 nitrogen and oxygen atoms in total. The van der Waals surface area contributed by atoms with Gasteiger partial charge in [-0.05, 0) is 49.7 Å². The van der Waals surface area contributed by atoms with Crippen molar-refractivity contribution in [2.45, 2.75) is 20.4 Å². The zero-order valence-corrected chi connectivity index (χ0v) is 14.5. The van der Waals surface area contributed by atoms with Crippen LogP contribution in [0, 0.1) is 6.92 Å². The maximum absolute atomic E-state index is 12.5. The zero-order chi connectivity index (χ0) is 14.7. The normalized spacial score (nSPS) is 10.6. The van der Waals surface area contributed by atoms with Crippen LogP contribution in [-0.2, 0) is 6.54 Å². The summed E-state index contributed by atoms with van der Waals surface area (Å²) in [5.41, 5.74) is 1.78. The molecule has 2 aromatic rings. The standard InChI is InChI=1S/C15H15BrClNOS/c1-3-18(9-12-5-7-14(17)20-12)15(19)11-4-6-13(16)10(2)8-11/h4-8H,3,9H2,1-2H3. The molecular weight excluding hydrogens is 358 g/mol. The Hall–Kier alpha value is -0.840. The van der Waals surface area contributed by atoms with Gasteiger partial charge in [-0.2, -0.15) is 0 Å². The highest BCUT2D eigenvalue weighted by molar-refractivity contribution is 9.10. The van der Waals surface area contributed by atoms with Gasteiger partial charge in [0.1, 0.15) is 0 Å². The van der Waals surface area contributed by atoms with E-state index in [1.807, 2.05) is 49.1 Å². The molecule has 0 spiro atoms. The van der Waals surface area contributed by atoms with Gasteiger partial charge in [0.2, 0.25) is 0 Å². The summed E-state index contributed by atoms with van der Waals surface area (Å²) in [7, 11) is 0. The first-order valence-corrected chi connectivity index (χ1v) is 8.29. The first kappa shape index (κ1) is 15.5. The molecule has 1 aromatic carbocycles. The maximum Gasteiger partial charge on any atom is 0.254 e. The van der Waals surface area contributed by atoms with Crippen LogP contribution in [-0.4, -0.2) is 17.4 Å². The van der Waals surface area contributed by atoms with Crippen molar-refractivity contribution in [3.8, 4) is 0 Å². The number of benzene rings is 1. The Bertz CT molecular complexity index is 626. The monoisotopic (exact) mass is 371 g/mol. The molecule has 106 valence electrons. The van der Waals surface area contributed by atoms with Gasteiger partial charge in [0, 0.05) is 21.5 Å². The second kappa shape index (κ2) is 6.74. The minimum atomic E-state index is 0.0487. The summed E-state index contributed by atoms with van der Waals surface area (Å²) in [6, 6.07) is 9.51. The molecule has 0 bridgehead atoms. The van der Waals surface area contributed by atoms with Crippen molar-refractivity contribution in [2.24, 2.45) is 0 Å². The van der Waals surface area contributed by atoms with E-state index in [1.54, 1.807) is 0 Å². The fourth-order valence-corrected chi connectivity index (χ4v) is 3.26. The van der Waals surface area contributed by atoms with Crippen LogP contribution < -0.4 is 0 Å². The van der Waals surface area contributed by atoms with E-state index < -0.39 is 0 Å². The lowest BCUT2D eigenvalue weighted by molar-refractivity contribution is 0.0754. The molecule has 0 radical (unpaired) electrons. The van der Waals surface area contributed by atoms with E-state index in [1.165, 1.54) is 11.3 Å². The van der Waals surface area contributed by atoms with E-state index in [0.717, 1.165) is 24.8 Å². The van der Waals surface area contributed by atoms with Crippen LogP contribution in [0.3, 0.4) is 0 Å². The number of hydrogen-bond acceptors (Lipinski definition) is 2. The number of halogens is 2. The summed E-state index contributed by atoms with van der Waals surface area (Å²) in [5, 5.41) is 0. The highest BCUT2D eigenvalue weighted by atomic mass is 79.9. The third-order valence-electron chi connectivity index (χ3n) is 3.05. The molecule has 1 aromatic heterocycles. The first-order valence-electron chi connectivity index (χ1n) is 6.31. The van der Waals surface area contributed by atoms with Crippen LogP contribution in [0.1, 0.15) is 27.7 Å². The molecule has 0 aliphatic heterocycles. The lowest BCUT2D eigenvalue weighted by Crippen LogP contribution is -2.30. The quantitative estimate of drug-likeness (QED) is 0.728. The topological polar surface area (TPSA) is 20.3 Å². The Morgan fingerprint density at radius 1 is 1.35 bits per heavy atom. The van der Waals surface area contributed by atoms with Crippen LogP contribution in [0.25, 0.3) is 0 Å². The number of nitrogens with zero attached hydrogens (tertiary/aromatic N) is 1. The summed E-state index contributed by atoms with van der Waals surface area (Å²) in [4.78, 5) is 15.5. The van der Waals surface area contributed by atoms with Crippen LogP contribution in [0.5, 0.6) is 0 Å². The average molecular weight is 373 g/mol. The largest absolute Gasteiger partial charge is 0.334 e. The van der Waals surface area contributed by atoms with Crippen molar-refractivity contribution in [1.29, 1.82) is 0 Å². The Kier molecular flexibility index (Phi) is 5.24. The molecular formula is C15H15BrClNOS. The number of hydrogen-bond donors (Lipinski definition) is 0. The van der Waals surface area contributed by atoms with Gasteiger partial charge >= 0.3 is 0 Å². The van der Waals surface area contributed by atoms with Crippen molar-refractivity contribution in [3.63, 3.8) is 0 Å². The molecule has 1 amide bonds. The van der Waals surface area contributed by atoms with Crippen LogP contribution in [0.2, 0.25) is 4.34 Å². The molecule has 20 heavy (non-hydrogen) atoms. The third-order valence-corrected chi connectivity index (χ3v) is 5.16. The lowest BCUT2D eigenvalue weighted by Gasteiger charge is -2.20. The van der Waals surface area contributed by atoms with Crippen molar-refractivity contribution >= 4 is 44.8 Å². The minimum Gasteiger partial charge on any atom is -0.334 e. The second-order valence-electron chi connectivity index (χ2n) is 4.49. The molecule has 0 fully saturated rings. The summed E-state index contributed by atoms with van der Waals surface area (Å²) in [5.74, 6) is 0.0487. The number of carbonyl (C=O) groups excluding carboxylic acids is 1. The van der Waals surface area contributed by atoms with E-state index in [2.05, 4.69) is 15.9 Å². The van der Waals surface area contributed by atoms with Crippen molar-refractivity contribution in [1.82, 2.24) is 4.90 Å². The molecule has 5 heteroatoms. The van der Waals surface area contributed by atoms with E-state index in [-0.39, 0.29) is 5.91 Å². The van der Waals surface area contributed by atoms with Gasteiger partial charge in [-0.1, -0.05) is 27.5 Å². The molecule has 2 rings (SSSR count). The average Bonchev–Trinajstić information content (AvgIpc) is 2.84. The highest BCUT2D eigenvalue weighted by Gasteiger charge is 2.16. The predicted octanol–water partition coefficient (Wildman–Crippen LogP) is 5.13. The van der Waals surface area contributed by atoms with Gasteiger partial charge in [-0.15, -0.1) is 11.3 Å². The SMILES string of the molecule is CCN(Cc1ccc(Cl)s1)C(=O)c1ccc(Br)c(C)c1. The molecule has 0 atom stereocenters. The van der Waals surface area contributed by atoms with E-state index >= 15 is 0 Å². The second-order valence-corrected chi connectivity index (χ2v) is 7.14. The summed E-state index contributed by atoms with van der Waals surface area (Å²) in [6.45, 7) is 5.24. The lowest BCUT2D eigenvalue weighted by atomic mass is 10.1. The highest BCUT2D eigenvalue weighted by Crippen LogP contribution is 2.24. The number of rotatable bonds is 4. The molecule has 0 saturated heterocycles. The summed E-state index contributed by atoms with van der Waals surface area (Å²) < 4.78 is 1.77. The zero-order valence-electron chi connectivity index (χ0n) is 11.3. The number of amides is 1. The number of carbonyl (C=O) groups is 1. The Morgan fingerprint density at radius 3 is 2.65 bits per heavy atom. The predicted molar refractivity (Wildman–Crippen MR) is 88.6 cm³/mol. The van der Waals surface area contributed by atoms with Gasteiger partial charge in [-0.3, -0.25) is 4.79 Å². The van der Waals surface area contributed by atoms with Gasteiger partial charge in [-0.25, -0.2) is 0 Å². The fourth-order valence-electron chi connectivity index (χ4n) is 1.91. The van der Waals surface area contributed by atoms with Crippen molar-refractivity contribution < 1.29 is 4.79 Å². The van der Waals surface area contributed by atoms with Crippen LogP contribution >= 0.6 is 38.9 Å². The molecule has 0 saturated carbocycles. The molecule has 0 aliphatic carbocycles. The summed E-state index contributed by atoms with van der Waals surface area (Å²) >= 11 is 10.9. The number of aryl methyl sites for hydroxylation is 1. The minimum absolute atomic E-state index is 0.0487. The van der Waals surface area contributed by atoms with Gasteiger partial charge < -0.3 is 4.90 Å². The Morgan fingerprint density at radius 2 is 2.10 bits per heavy atom. The fraction of sp³-hybridized carbons (Fsp3) is 0.267. The van der Waals surface area contributed by atoms with E-state index in [9.17, 15) is 4.79 Å². The first-order chi connectivity index (χ1) is 9.51. The number of thiophene rings is 1. The van der Waals surface area contributed by atoms with Gasteiger partial charge in [0.25, 0.3) is 5.91 Å². The Balaban J connectivity index is 2.18. The summed E-state index contributed by atoms with van der Waals surface area (Å²) in [6.07, 6.45) is 0. The van der Waals surface area contributed by atoms with E-state index in [0.29, 0.717) is 13.1 Å². The smallest absolute Gasteiger partial charge is 0.254 e. The molecule has 0 N–H and O–H groups in total.